The van der Waals surface area contributed by atoms with Gasteiger partial charge in [-0.25, -0.2) is 0 Å². The molecule has 2 aromatic carbocycles. The van der Waals surface area contributed by atoms with Crippen molar-refractivity contribution < 1.29 is 9.53 Å². The third kappa shape index (κ3) is 4.67. The van der Waals surface area contributed by atoms with Crippen molar-refractivity contribution in [3.05, 3.63) is 63.6 Å². The van der Waals surface area contributed by atoms with E-state index in [2.05, 4.69) is 15.5 Å². The van der Waals surface area contributed by atoms with E-state index >= 15 is 0 Å². The number of methoxy groups -OCH3 is 1. The average Bonchev–Trinajstić information content (AvgIpc) is 3.08. The van der Waals surface area contributed by atoms with Crippen LogP contribution in [0.5, 0.6) is 5.75 Å². The van der Waals surface area contributed by atoms with Gasteiger partial charge in [-0.3, -0.25) is 10.1 Å². The average molecular weight is 426 g/mol. The predicted octanol–water partition coefficient (Wildman–Crippen LogP) is 5.40. The fraction of sp³-hybridized carbons (Fsp3) is 0.118. The SMILES string of the molecule is COc1ccc(C(=O)Nc2nnc(SCc3ccccc3Cl)s2)cc1Cl. The van der Waals surface area contributed by atoms with Crippen LogP contribution in [-0.2, 0) is 5.75 Å². The molecule has 0 bridgehead atoms. The molecule has 1 N–H and O–H groups in total. The van der Waals surface area contributed by atoms with E-state index in [9.17, 15) is 4.79 Å². The molecule has 0 saturated heterocycles. The number of anilines is 1. The molecule has 134 valence electrons. The number of thioether (sulfide) groups is 1. The van der Waals surface area contributed by atoms with Crippen LogP contribution in [0.2, 0.25) is 10.0 Å². The standard InChI is InChI=1S/C17H13Cl2N3O2S2/c1-24-14-7-6-10(8-13(14)19)15(23)20-16-21-22-17(26-16)25-9-11-4-2-3-5-12(11)18/h2-8H,9H2,1H3,(H,20,21,23). The van der Waals surface area contributed by atoms with Crippen LogP contribution >= 0.6 is 46.3 Å². The van der Waals surface area contributed by atoms with E-state index in [4.69, 9.17) is 27.9 Å². The second-order valence-electron chi connectivity index (χ2n) is 5.06. The van der Waals surface area contributed by atoms with Crippen molar-refractivity contribution in [1.82, 2.24) is 10.2 Å². The molecule has 1 aromatic heterocycles. The van der Waals surface area contributed by atoms with Gasteiger partial charge in [0.1, 0.15) is 5.75 Å². The summed E-state index contributed by atoms with van der Waals surface area (Å²) in [7, 11) is 1.52. The van der Waals surface area contributed by atoms with Gasteiger partial charge in [-0.2, -0.15) is 0 Å². The van der Waals surface area contributed by atoms with Gasteiger partial charge >= 0.3 is 0 Å². The van der Waals surface area contributed by atoms with Crippen molar-refractivity contribution in [2.75, 3.05) is 12.4 Å². The zero-order chi connectivity index (χ0) is 18.5. The summed E-state index contributed by atoms with van der Waals surface area (Å²) >= 11 is 15.0. The van der Waals surface area contributed by atoms with E-state index in [-0.39, 0.29) is 5.91 Å². The summed E-state index contributed by atoms with van der Waals surface area (Å²) in [6, 6.07) is 12.5. The molecule has 0 saturated carbocycles. The van der Waals surface area contributed by atoms with Crippen LogP contribution in [0.1, 0.15) is 15.9 Å². The summed E-state index contributed by atoms with van der Waals surface area (Å²) in [5.41, 5.74) is 1.43. The van der Waals surface area contributed by atoms with Gasteiger partial charge in [-0.05, 0) is 29.8 Å². The number of rotatable bonds is 6. The number of halogens is 2. The second-order valence-corrected chi connectivity index (χ2v) is 8.07. The minimum absolute atomic E-state index is 0.312. The zero-order valence-corrected chi connectivity index (χ0v) is 16.7. The van der Waals surface area contributed by atoms with Gasteiger partial charge in [0.05, 0.1) is 12.1 Å². The Balaban J connectivity index is 1.62. The summed E-state index contributed by atoms with van der Waals surface area (Å²) in [4.78, 5) is 12.3. The van der Waals surface area contributed by atoms with Crippen LogP contribution in [0, 0.1) is 0 Å². The number of hydrogen-bond acceptors (Lipinski definition) is 6. The van der Waals surface area contributed by atoms with E-state index in [1.54, 1.807) is 18.2 Å². The lowest BCUT2D eigenvalue weighted by atomic mass is 10.2. The normalized spacial score (nSPS) is 10.6. The molecule has 1 heterocycles. The minimum atomic E-state index is -0.312. The van der Waals surface area contributed by atoms with Crippen molar-refractivity contribution >= 4 is 57.3 Å². The van der Waals surface area contributed by atoms with Crippen LogP contribution in [0.3, 0.4) is 0 Å². The Morgan fingerprint density at radius 3 is 2.73 bits per heavy atom. The number of nitrogens with one attached hydrogen (secondary N) is 1. The predicted molar refractivity (Wildman–Crippen MR) is 107 cm³/mol. The first-order valence-corrected chi connectivity index (χ1v) is 9.97. The van der Waals surface area contributed by atoms with E-state index in [0.717, 1.165) is 14.9 Å². The Hall–Kier alpha value is -1.80. The third-order valence-corrected chi connectivity index (χ3v) is 6.03. The molecule has 0 aliphatic rings. The largest absolute Gasteiger partial charge is 0.495 e. The highest BCUT2D eigenvalue weighted by Gasteiger charge is 2.13. The molecule has 5 nitrogen and oxygen atoms in total. The first kappa shape index (κ1) is 19.0. The Morgan fingerprint density at radius 2 is 2.00 bits per heavy atom. The maximum Gasteiger partial charge on any atom is 0.257 e. The number of amides is 1. The molecule has 0 fully saturated rings. The van der Waals surface area contributed by atoms with Gasteiger partial charge in [-0.1, -0.05) is 64.5 Å². The molecule has 0 aliphatic carbocycles. The molecule has 9 heteroatoms. The third-order valence-electron chi connectivity index (χ3n) is 3.35. The van der Waals surface area contributed by atoms with Crippen molar-refractivity contribution in [3.8, 4) is 5.75 Å². The van der Waals surface area contributed by atoms with Crippen molar-refractivity contribution in [1.29, 1.82) is 0 Å². The van der Waals surface area contributed by atoms with E-state index < -0.39 is 0 Å². The van der Waals surface area contributed by atoms with Gasteiger partial charge in [0.2, 0.25) is 5.13 Å². The molecule has 0 radical (unpaired) electrons. The van der Waals surface area contributed by atoms with Crippen molar-refractivity contribution in [3.63, 3.8) is 0 Å². The molecular formula is C17H13Cl2N3O2S2. The van der Waals surface area contributed by atoms with Crippen LogP contribution in [0.15, 0.2) is 46.8 Å². The van der Waals surface area contributed by atoms with E-state index in [1.807, 2.05) is 24.3 Å². The molecule has 3 rings (SSSR count). The van der Waals surface area contributed by atoms with Gasteiger partial charge < -0.3 is 4.74 Å². The zero-order valence-electron chi connectivity index (χ0n) is 13.5. The van der Waals surface area contributed by atoms with Gasteiger partial charge in [0.15, 0.2) is 4.34 Å². The molecule has 26 heavy (non-hydrogen) atoms. The topological polar surface area (TPSA) is 64.1 Å². The van der Waals surface area contributed by atoms with Crippen LogP contribution < -0.4 is 10.1 Å². The lowest BCUT2D eigenvalue weighted by Crippen LogP contribution is -2.11. The molecule has 0 spiro atoms. The van der Waals surface area contributed by atoms with Gasteiger partial charge in [0, 0.05) is 16.3 Å². The van der Waals surface area contributed by atoms with Crippen LogP contribution in [0.25, 0.3) is 0 Å². The maximum absolute atomic E-state index is 12.3. The minimum Gasteiger partial charge on any atom is -0.495 e. The Bertz CT molecular complexity index is 934. The number of carbonyl (C=O) groups is 1. The summed E-state index contributed by atoms with van der Waals surface area (Å²) in [6.07, 6.45) is 0. The second kappa shape index (κ2) is 8.73. The Morgan fingerprint density at radius 1 is 1.19 bits per heavy atom. The highest BCUT2D eigenvalue weighted by Crippen LogP contribution is 2.31. The maximum atomic E-state index is 12.3. The number of benzene rings is 2. The van der Waals surface area contributed by atoms with Crippen molar-refractivity contribution in [2.24, 2.45) is 0 Å². The van der Waals surface area contributed by atoms with E-state index in [0.29, 0.717) is 27.2 Å². The summed E-state index contributed by atoms with van der Waals surface area (Å²) < 4.78 is 5.82. The summed E-state index contributed by atoms with van der Waals surface area (Å²) in [5.74, 6) is 0.877. The molecular weight excluding hydrogens is 413 g/mol. The summed E-state index contributed by atoms with van der Waals surface area (Å²) in [6.45, 7) is 0. The smallest absolute Gasteiger partial charge is 0.257 e. The highest BCUT2D eigenvalue weighted by atomic mass is 35.5. The van der Waals surface area contributed by atoms with Crippen LogP contribution in [0.4, 0.5) is 5.13 Å². The quantitative estimate of drug-likeness (QED) is 0.423. The monoisotopic (exact) mass is 425 g/mol. The molecule has 0 atom stereocenters. The molecule has 3 aromatic rings. The molecule has 0 unspecified atom stereocenters. The number of nitrogens with zero attached hydrogens (tertiary/aromatic N) is 2. The number of hydrogen-bond donors (Lipinski definition) is 1. The fourth-order valence-corrected chi connectivity index (χ4v) is 4.34. The van der Waals surface area contributed by atoms with Gasteiger partial charge in [-0.15, -0.1) is 10.2 Å². The molecule has 1 amide bonds. The lowest BCUT2D eigenvalue weighted by molar-refractivity contribution is 0.102. The van der Waals surface area contributed by atoms with Crippen LogP contribution in [-0.4, -0.2) is 23.2 Å². The fourth-order valence-electron chi connectivity index (χ4n) is 2.05. The first-order valence-electron chi connectivity index (χ1n) is 7.41. The Labute approximate surface area is 168 Å². The highest BCUT2D eigenvalue weighted by molar-refractivity contribution is 8.00. The summed E-state index contributed by atoms with van der Waals surface area (Å²) in [5, 5.41) is 12.3. The number of ether oxygens (including phenoxy) is 1. The van der Waals surface area contributed by atoms with Crippen molar-refractivity contribution in [2.45, 2.75) is 10.1 Å². The Kier molecular flexibility index (Phi) is 6.37. The van der Waals surface area contributed by atoms with E-state index in [1.165, 1.54) is 30.2 Å². The van der Waals surface area contributed by atoms with Gasteiger partial charge in [0.25, 0.3) is 5.91 Å². The first-order chi connectivity index (χ1) is 12.6. The molecule has 0 aliphatic heterocycles. The lowest BCUT2D eigenvalue weighted by Gasteiger charge is -2.05. The number of aromatic nitrogens is 2. The number of carbonyl (C=O) groups excluding carboxylic acids is 1.